The first kappa shape index (κ1) is 17.2. The number of benzene rings is 2. The molecule has 0 spiro atoms. The molecule has 7 heteroatoms. The number of nitrogens with zero attached hydrogens (tertiary/aromatic N) is 2. The predicted octanol–water partition coefficient (Wildman–Crippen LogP) is 4.46. The number of aryl methyl sites for hydroxylation is 1. The number of H-pyrrole nitrogens is 1. The zero-order valence-electron chi connectivity index (χ0n) is 13.3. The second-order valence-corrected chi connectivity index (χ2v) is 6.24. The van der Waals surface area contributed by atoms with Crippen LogP contribution in [0.15, 0.2) is 53.6 Å². The van der Waals surface area contributed by atoms with E-state index >= 15 is 0 Å². The fraction of sp³-hybridized carbons (Fsp3) is 0.0556. The lowest BCUT2D eigenvalue weighted by Crippen LogP contribution is -2.17. The summed E-state index contributed by atoms with van der Waals surface area (Å²) in [5.74, 6) is -0.396. The number of aromatic amines is 1. The van der Waals surface area contributed by atoms with Crippen molar-refractivity contribution in [2.24, 2.45) is 5.10 Å². The molecule has 0 aliphatic heterocycles. The van der Waals surface area contributed by atoms with Crippen molar-refractivity contribution in [2.75, 3.05) is 0 Å². The summed E-state index contributed by atoms with van der Waals surface area (Å²) in [6.45, 7) is 2.01. The number of aromatic nitrogens is 2. The number of hydrazone groups is 1. The Hall–Kier alpha value is -2.63. The predicted molar refractivity (Wildman–Crippen MR) is 100 cm³/mol. The first-order chi connectivity index (χ1) is 12.0. The van der Waals surface area contributed by atoms with Crippen LogP contribution >= 0.6 is 23.2 Å². The van der Waals surface area contributed by atoms with Crippen molar-refractivity contribution in [3.05, 3.63) is 75.4 Å². The molecule has 126 valence electrons. The van der Waals surface area contributed by atoms with E-state index in [1.807, 2.05) is 31.2 Å². The van der Waals surface area contributed by atoms with Gasteiger partial charge in [-0.1, -0.05) is 53.0 Å². The Morgan fingerprint density at radius 2 is 1.92 bits per heavy atom. The van der Waals surface area contributed by atoms with E-state index < -0.39 is 5.91 Å². The fourth-order valence-electron chi connectivity index (χ4n) is 2.15. The Bertz CT molecular complexity index is 933. The van der Waals surface area contributed by atoms with E-state index in [0.29, 0.717) is 21.3 Å². The van der Waals surface area contributed by atoms with Gasteiger partial charge in [0, 0.05) is 10.6 Å². The van der Waals surface area contributed by atoms with Gasteiger partial charge >= 0.3 is 0 Å². The second kappa shape index (κ2) is 7.51. The molecule has 0 radical (unpaired) electrons. The summed E-state index contributed by atoms with van der Waals surface area (Å²) in [6.07, 6.45) is 1.57. The molecule has 3 rings (SSSR count). The van der Waals surface area contributed by atoms with Gasteiger partial charge < -0.3 is 0 Å². The van der Waals surface area contributed by atoms with Gasteiger partial charge in [-0.15, -0.1) is 0 Å². The van der Waals surface area contributed by atoms with E-state index in [-0.39, 0.29) is 5.69 Å². The summed E-state index contributed by atoms with van der Waals surface area (Å²) >= 11 is 12.0. The zero-order valence-corrected chi connectivity index (χ0v) is 14.8. The van der Waals surface area contributed by atoms with Crippen LogP contribution in [0.5, 0.6) is 0 Å². The van der Waals surface area contributed by atoms with Gasteiger partial charge in [0.05, 0.1) is 16.9 Å². The number of hydrogen-bond donors (Lipinski definition) is 2. The summed E-state index contributed by atoms with van der Waals surface area (Å²) in [5, 5.41) is 11.7. The maximum Gasteiger partial charge on any atom is 0.289 e. The van der Waals surface area contributed by atoms with Crippen molar-refractivity contribution in [1.82, 2.24) is 15.6 Å². The average Bonchev–Trinajstić information content (AvgIpc) is 3.06. The van der Waals surface area contributed by atoms with Crippen molar-refractivity contribution in [3.63, 3.8) is 0 Å². The third kappa shape index (κ3) is 4.26. The lowest BCUT2D eigenvalue weighted by molar-refractivity contribution is 0.0950. The first-order valence-corrected chi connectivity index (χ1v) is 8.19. The van der Waals surface area contributed by atoms with Crippen LogP contribution in [0, 0.1) is 6.92 Å². The molecule has 2 aromatic carbocycles. The van der Waals surface area contributed by atoms with Gasteiger partial charge in [0.2, 0.25) is 0 Å². The highest BCUT2D eigenvalue weighted by Crippen LogP contribution is 2.29. The molecule has 0 saturated heterocycles. The second-order valence-electron chi connectivity index (χ2n) is 5.40. The fourth-order valence-corrected chi connectivity index (χ4v) is 2.66. The number of carbonyl (C=O) groups is 1. The van der Waals surface area contributed by atoms with Crippen molar-refractivity contribution in [2.45, 2.75) is 6.92 Å². The van der Waals surface area contributed by atoms with Crippen molar-refractivity contribution < 1.29 is 4.79 Å². The highest BCUT2D eigenvalue weighted by molar-refractivity contribution is 6.36. The van der Waals surface area contributed by atoms with Crippen LogP contribution in [0.2, 0.25) is 10.0 Å². The molecular formula is C18H14Cl2N4O. The van der Waals surface area contributed by atoms with E-state index in [1.165, 1.54) is 0 Å². The minimum absolute atomic E-state index is 0.280. The molecule has 0 bridgehead atoms. The Morgan fingerprint density at radius 1 is 1.16 bits per heavy atom. The largest absolute Gasteiger partial charge is 0.289 e. The quantitative estimate of drug-likeness (QED) is 0.524. The van der Waals surface area contributed by atoms with Gasteiger partial charge in [0.15, 0.2) is 0 Å². The third-order valence-corrected chi connectivity index (χ3v) is 4.03. The van der Waals surface area contributed by atoms with E-state index in [1.54, 1.807) is 30.5 Å². The number of rotatable bonds is 4. The minimum atomic E-state index is -0.396. The number of halogens is 2. The Kier molecular flexibility index (Phi) is 5.16. The van der Waals surface area contributed by atoms with Gasteiger partial charge in [0.25, 0.3) is 5.91 Å². The molecule has 0 unspecified atom stereocenters. The summed E-state index contributed by atoms with van der Waals surface area (Å²) in [5.41, 5.74) is 6.02. The number of nitrogens with one attached hydrogen (secondary N) is 2. The Morgan fingerprint density at radius 3 is 2.64 bits per heavy atom. The Balaban J connectivity index is 1.69. The highest BCUT2D eigenvalue weighted by Gasteiger charge is 2.12. The lowest BCUT2D eigenvalue weighted by Gasteiger charge is -2.00. The molecule has 25 heavy (non-hydrogen) atoms. The summed E-state index contributed by atoms with van der Waals surface area (Å²) < 4.78 is 0. The van der Waals surface area contributed by atoms with Crippen molar-refractivity contribution >= 4 is 35.3 Å². The molecule has 2 N–H and O–H groups in total. The van der Waals surface area contributed by atoms with Crippen molar-refractivity contribution in [1.29, 1.82) is 0 Å². The van der Waals surface area contributed by atoms with Crippen LogP contribution in [0.3, 0.4) is 0 Å². The van der Waals surface area contributed by atoms with Gasteiger partial charge in [-0.25, -0.2) is 5.43 Å². The topological polar surface area (TPSA) is 70.1 Å². The molecule has 1 aromatic heterocycles. The average molecular weight is 373 g/mol. The standard InChI is InChI=1S/C18H14Cl2N4O/c1-11-2-4-12(5-3-11)10-21-24-18(25)17-9-16(22-23-17)14-7-6-13(19)8-15(14)20/h2-10H,1H3,(H,22,23)(H,24,25)/b21-10+. The van der Waals surface area contributed by atoms with Crippen LogP contribution in [0.1, 0.15) is 21.6 Å². The number of carbonyl (C=O) groups excluding carboxylic acids is 1. The normalized spacial score (nSPS) is 11.0. The van der Waals surface area contributed by atoms with Crippen LogP contribution in [-0.2, 0) is 0 Å². The van der Waals surface area contributed by atoms with E-state index in [4.69, 9.17) is 23.2 Å². The molecule has 1 amide bonds. The van der Waals surface area contributed by atoms with Crippen LogP contribution in [0.25, 0.3) is 11.3 Å². The molecular weight excluding hydrogens is 359 g/mol. The van der Waals surface area contributed by atoms with Gasteiger partial charge in [-0.05, 0) is 36.8 Å². The third-order valence-electron chi connectivity index (χ3n) is 3.49. The first-order valence-electron chi connectivity index (χ1n) is 7.44. The Labute approximate surface area is 154 Å². The smallest absolute Gasteiger partial charge is 0.272 e. The maximum absolute atomic E-state index is 12.1. The molecule has 0 saturated carbocycles. The summed E-state index contributed by atoms with van der Waals surface area (Å²) in [7, 11) is 0. The van der Waals surface area contributed by atoms with Crippen LogP contribution in [-0.4, -0.2) is 22.3 Å². The molecule has 0 aliphatic rings. The highest BCUT2D eigenvalue weighted by atomic mass is 35.5. The zero-order chi connectivity index (χ0) is 17.8. The van der Waals surface area contributed by atoms with E-state index in [2.05, 4.69) is 20.7 Å². The molecule has 5 nitrogen and oxygen atoms in total. The van der Waals surface area contributed by atoms with Gasteiger partial charge in [-0.3, -0.25) is 9.89 Å². The SMILES string of the molecule is Cc1ccc(/C=N/NC(=O)c2cc(-c3ccc(Cl)cc3Cl)n[nH]2)cc1. The summed E-state index contributed by atoms with van der Waals surface area (Å²) in [6, 6.07) is 14.5. The number of amides is 1. The minimum Gasteiger partial charge on any atom is -0.272 e. The lowest BCUT2D eigenvalue weighted by atomic mass is 10.1. The molecule has 0 atom stereocenters. The molecule has 0 fully saturated rings. The van der Waals surface area contributed by atoms with Crippen LogP contribution < -0.4 is 5.43 Å². The van der Waals surface area contributed by atoms with E-state index in [9.17, 15) is 4.79 Å². The molecule has 0 aliphatic carbocycles. The van der Waals surface area contributed by atoms with E-state index in [0.717, 1.165) is 11.1 Å². The molecule has 3 aromatic rings. The maximum atomic E-state index is 12.1. The van der Waals surface area contributed by atoms with Crippen molar-refractivity contribution in [3.8, 4) is 11.3 Å². The monoisotopic (exact) mass is 372 g/mol. The van der Waals surface area contributed by atoms with Crippen LogP contribution in [0.4, 0.5) is 0 Å². The van der Waals surface area contributed by atoms with Gasteiger partial charge in [-0.2, -0.15) is 10.2 Å². The molecule has 1 heterocycles. The number of hydrogen-bond acceptors (Lipinski definition) is 3. The summed E-state index contributed by atoms with van der Waals surface area (Å²) in [4.78, 5) is 12.1. The van der Waals surface area contributed by atoms with Gasteiger partial charge in [0.1, 0.15) is 5.69 Å².